The summed E-state index contributed by atoms with van der Waals surface area (Å²) in [6.07, 6.45) is 0. The van der Waals surface area contributed by atoms with Crippen molar-refractivity contribution in [3.63, 3.8) is 0 Å². The van der Waals surface area contributed by atoms with Gasteiger partial charge in [-0.2, -0.15) is 11.8 Å². The van der Waals surface area contributed by atoms with E-state index in [2.05, 4.69) is 16.6 Å². The Morgan fingerprint density at radius 2 is 2.38 bits per heavy atom. The number of ether oxygens (including phenoxy) is 1. The molecular formula is C11H16N2O2S. The van der Waals surface area contributed by atoms with E-state index in [9.17, 15) is 4.79 Å². The number of thioether (sulfide) groups is 1. The molecule has 88 valence electrons. The van der Waals surface area contributed by atoms with E-state index in [1.807, 2.05) is 12.1 Å². The van der Waals surface area contributed by atoms with Gasteiger partial charge in [-0.1, -0.05) is 13.0 Å². The van der Waals surface area contributed by atoms with Crippen LogP contribution in [0.15, 0.2) is 18.2 Å². The van der Waals surface area contributed by atoms with Crippen LogP contribution in [0.25, 0.3) is 0 Å². The second kappa shape index (κ2) is 6.50. The molecule has 0 aliphatic heterocycles. The van der Waals surface area contributed by atoms with E-state index < -0.39 is 5.97 Å². The summed E-state index contributed by atoms with van der Waals surface area (Å²) < 4.78 is 4.61. The normalized spacial score (nSPS) is 12.2. The average molecular weight is 240 g/mol. The summed E-state index contributed by atoms with van der Waals surface area (Å²) in [5.41, 5.74) is 6.74. The van der Waals surface area contributed by atoms with Crippen LogP contribution in [-0.4, -0.2) is 29.9 Å². The highest BCUT2D eigenvalue weighted by Crippen LogP contribution is 2.15. The largest absolute Gasteiger partial charge is 0.464 e. The first-order chi connectivity index (χ1) is 7.67. The zero-order chi connectivity index (χ0) is 12.0. The molecule has 0 aliphatic rings. The molecule has 0 radical (unpaired) electrons. The molecular weight excluding hydrogens is 224 g/mol. The summed E-state index contributed by atoms with van der Waals surface area (Å²) in [4.78, 5) is 15.5. The van der Waals surface area contributed by atoms with Crippen molar-refractivity contribution in [3.8, 4) is 0 Å². The van der Waals surface area contributed by atoms with Crippen LogP contribution < -0.4 is 5.73 Å². The molecule has 4 nitrogen and oxygen atoms in total. The summed E-state index contributed by atoms with van der Waals surface area (Å²) in [6.45, 7) is 2.70. The monoisotopic (exact) mass is 240 g/mol. The molecule has 2 N–H and O–H groups in total. The van der Waals surface area contributed by atoms with Crippen LogP contribution in [-0.2, 0) is 10.5 Å². The molecule has 0 aromatic carbocycles. The Morgan fingerprint density at radius 1 is 1.62 bits per heavy atom. The second-order valence-corrected chi connectivity index (χ2v) is 4.79. The van der Waals surface area contributed by atoms with Gasteiger partial charge in [0.25, 0.3) is 0 Å². The van der Waals surface area contributed by atoms with Crippen LogP contribution in [0.1, 0.15) is 23.1 Å². The fourth-order valence-electron chi connectivity index (χ4n) is 1.07. The lowest BCUT2D eigenvalue weighted by molar-refractivity contribution is 0.0594. The Bertz CT molecular complexity index is 358. The Morgan fingerprint density at radius 3 is 3.00 bits per heavy atom. The number of nitrogens with zero attached hydrogens (tertiary/aromatic N) is 1. The maximum absolute atomic E-state index is 11.2. The maximum Gasteiger partial charge on any atom is 0.356 e. The quantitative estimate of drug-likeness (QED) is 0.789. The number of esters is 1. The summed E-state index contributed by atoms with van der Waals surface area (Å²) in [7, 11) is 1.35. The SMILES string of the molecule is COC(=O)c1cccc(CSC(C)CN)n1. The molecule has 0 saturated heterocycles. The number of hydrogen-bond acceptors (Lipinski definition) is 5. The lowest BCUT2D eigenvalue weighted by atomic mass is 10.3. The molecule has 5 heteroatoms. The van der Waals surface area contributed by atoms with E-state index in [0.717, 1.165) is 11.4 Å². The molecule has 1 heterocycles. The first kappa shape index (κ1) is 13.0. The van der Waals surface area contributed by atoms with Crippen LogP contribution in [0.4, 0.5) is 0 Å². The predicted octanol–water partition coefficient (Wildman–Crippen LogP) is 1.45. The molecule has 0 saturated carbocycles. The number of methoxy groups -OCH3 is 1. The van der Waals surface area contributed by atoms with Crippen LogP contribution in [0, 0.1) is 0 Å². The lowest BCUT2D eigenvalue weighted by Crippen LogP contribution is -2.13. The van der Waals surface area contributed by atoms with Crippen molar-refractivity contribution in [1.82, 2.24) is 4.98 Å². The first-order valence-electron chi connectivity index (χ1n) is 5.03. The van der Waals surface area contributed by atoms with Crippen LogP contribution in [0.5, 0.6) is 0 Å². The number of hydrogen-bond donors (Lipinski definition) is 1. The van der Waals surface area contributed by atoms with Crippen molar-refractivity contribution in [1.29, 1.82) is 0 Å². The zero-order valence-corrected chi connectivity index (χ0v) is 10.3. The molecule has 0 spiro atoms. The molecule has 0 bridgehead atoms. The Balaban J connectivity index is 2.64. The molecule has 16 heavy (non-hydrogen) atoms. The van der Waals surface area contributed by atoms with E-state index in [-0.39, 0.29) is 0 Å². The van der Waals surface area contributed by atoms with E-state index in [1.165, 1.54) is 7.11 Å². The predicted molar refractivity (Wildman–Crippen MR) is 65.4 cm³/mol. The molecule has 1 atom stereocenters. The minimum Gasteiger partial charge on any atom is -0.464 e. The van der Waals surface area contributed by atoms with Gasteiger partial charge in [0, 0.05) is 17.5 Å². The number of rotatable bonds is 5. The molecule has 1 unspecified atom stereocenters. The minimum atomic E-state index is -0.404. The standard InChI is InChI=1S/C11H16N2O2S/c1-8(6-12)16-7-9-4-3-5-10(13-9)11(14)15-2/h3-5,8H,6-7,12H2,1-2H3. The first-order valence-corrected chi connectivity index (χ1v) is 6.08. The number of carbonyl (C=O) groups excluding carboxylic acids is 1. The van der Waals surface area contributed by atoms with Gasteiger partial charge in [0.15, 0.2) is 0 Å². The fourth-order valence-corrected chi connectivity index (χ4v) is 1.83. The zero-order valence-electron chi connectivity index (χ0n) is 9.47. The number of pyridine rings is 1. The third-order valence-corrected chi connectivity index (χ3v) is 3.27. The van der Waals surface area contributed by atoms with E-state index in [0.29, 0.717) is 17.5 Å². The topological polar surface area (TPSA) is 65.2 Å². The van der Waals surface area contributed by atoms with Gasteiger partial charge in [-0.3, -0.25) is 0 Å². The summed E-state index contributed by atoms with van der Waals surface area (Å²) in [5.74, 6) is 0.349. The highest BCUT2D eigenvalue weighted by Gasteiger charge is 2.08. The van der Waals surface area contributed by atoms with E-state index >= 15 is 0 Å². The summed E-state index contributed by atoms with van der Waals surface area (Å²) >= 11 is 1.72. The van der Waals surface area contributed by atoms with Gasteiger partial charge in [-0.15, -0.1) is 0 Å². The molecule has 1 rings (SSSR count). The van der Waals surface area contributed by atoms with Gasteiger partial charge in [0.05, 0.1) is 12.8 Å². The van der Waals surface area contributed by atoms with E-state index in [4.69, 9.17) is 5.73 Å². The van der Waals surface area contributed by atoms with Gasteiger partial charge >= 0.3 is 5.97 Å². The second-order valence-electron chi connectivity index (χ2n) is 3.36. The smallest absolute Gasteiger partial charge is 0.356 e. The van der Waals surface area contributed by atoms with Gasteiger partial charge < -0.3 is 10.5 Å². The third kappa shape index (κ3) is 3.83. The number of carbonyl (C=O) groups is 1. The van der Waals surface area contributed by atoms with Crippen LogP contribution in [0.2, 0.25) is 0 Å². The fraction of sp³-hybridized carbons (Fsp3) is 0.455. The molecule has 0 amide bonds. The number of nitrogens with two attached hydrogens (primary N) is 1. The van der Waals surface area contributed by atoms with E-state index in [1.54, 1.807) is 17.8 Å². The van der Waals surface area contributed by atoms with Crippen molar-refractivity contribution in [2.45, 2.75) is 17.9 Å². The Labute approximate surface area is 99.6 Å². The third-order valence-electron chi connectivity index (χ3n) is 2.05. The maximum atomic E-state index is 11.2. The molecule has 0 aliphatic carbocycles. The van der Waals surface area contributed by atoms with Crippen LogP contribution in [0.3, 0.4) is 0 Å². The highest BCUT2D eigenvalue weighted by atomic mass is 32.2. The average Bonchev–Trinajstić information content (AvgIpc) is 2.35. The van der Waals surface area contributed by atoms with Crippen molar-refractivity contribution in [3.05, 3.63) is 29.6 Å². The van der Waals surface area contributed by atoms with Gasteiger partial charge in [-0.25, -0.2) is 9.78 Å². The molecule has 1 aromatic rings. The lowest BCUT2D eigenvalue weighted by Gasteiger charge is -2.07. The summed E-state index contributed by atoms with van der Waals surface area (Å²) in [6, 6.07) is 5.34. The minimum absolute atomic E-state index is 0.348. The highest BCUT2D eigenvalue weighted by molar-refractivity contribution is 7.99. The van der Waals surface area contributed by atoms with Gasteiger partial charge in [-0.05, 0) is 12.1 Å². The van der Waals surface area contributed by atoms with Crippen molar-refractivity contribution in [2.24, 2.45) is 5.73 Å². The van der Waals surface area contributed by atoms with Crippen molar-refractivity contribution < 1.29 is 9.53 Å². The molecule has 1 aromatic heterocycles. The summed E-state index contributed by atoms with van der Waals surface area (Å²) in [5, 5.41) is 0.392. The molecule has 0 fully saturated rings. The van der Waals surface area contributed by atoms with Gasteiger partial charge in [0.2, 0.25) is 0 Å². The van der Waals surface area contributed by atoms with Gasteiger partial charge in [0.1, 0.15) is 5.69 Å². The number of aromatic nitrogens is 1. The Kier molecular flexibility index (Phi) is 5.28. The van der Waals surface area contributed by atoms with Crippen molar-refractivity contribution >= 4 is 17.7 Å². The van der Waals surface area contributed by atoms with Crippen molar-refractivity contribution in [2.75, 3.05) is 13.7 Å². The van der Waals surface area contributed by atoms with Crippen LogP contribution >= 0.6 is 11.8 Å². The Hall–Kier alpha value is -1.07.